The molecule has 16 heavy (non-hydrogen) atoms. The topological polar surface area (TPSA) is 17.1 Å². The second-order valence-corrected chi connectivity index (χ2v) is 3.04. The lowest BCUT2D eigenvalue weighted by molar-refractivity contribution is -0.112. The zero-order valence-electron chi connectivity index (χ0n) is 9.84. The van der Waals surface area contributed by atoms with E-state index < -0.39 is 0 Å². The van der Waals surface area contributed by atoms with Crippen molar-refractivity contribution in [3.8, 4) is 0 Å². The highest BCUT2D eigenvalue weighted by atomic mass is 16.1. The van der Waals surface area contributed by atoms with Crippen LogP contribution < -0.4 is 0 Å². The van der Waals surface area contributed by atoms with Crippen LogP contribution in [-0.4, -0.2) is 5.78 Å². The fourth-order valence-corrected chi connectivity index (χ4v) is 0.815. The minimum atomic E-state index is 0.0580. The van der Waals surface area contributed by atoms with Gasteiger partial charge in [-0.2, -0.15) is 0 Å². The van der Waals surface area contributed by atoms with Gasteiger partial charge in [-0.15, -0.1) is 0 Å². The Bertz CT molecular complexity index is 350. The fourth-order valence-electron chi connectivity index (χ4n) is 0.815. The summed E-state index contributed by atoms with van der Waals surface area (Å²) in [7, 11) is 0. The van der Waals surface area contributed by atoms with Gasteiger partial charge in [-0.05, 0) is 19.9 Å². The van der Waals surface area contributed by atoms with E-state index in [9.17, 15) is 4.79 Å². The first-order chi connectivity index (χ1) is 7.77. The lowest BCUT2D eigenvalue weighted by Gasteiger charge is -1.75. The van der Waals surface area contributed by atoms with Crippen molar-refractivity contribution < 1.29 is 4.79 Å². The molecule has 0 aromatic heterocycles. The maximum Gasteiger partial charge on any atom is 0.152 e. The molecule has 0 radical (unpaired) electrons. The smallest absolute Gasteiger partial charge is 0.152 e. The lowest BCUT2D eigenvalue weighted by Crippen LogP contribution is -1.77. The molecule has 1 nitrogen and oxygen atoms in total. The van der Waals surface area contributed by atoms with Gasteiger partial charge < -0.3 is 0 Å². The van der Waals surface area contributed by atoms with Gasteiger partial charge in [0.1, 0.15) is 0 Å². The standard InChI is InChI=1S/C15H18O/c1-3-4-5-6-7-8-9-10-11-12-13-14-15(2)16/h3-14H,1-2H3/b4-3+,6-5+,8-7+,10-9+,12-11+,14-13+. The van der Waals surface area contributed by atoms with E-state index in [1.54, 1.807) is 6.08 Å². The van der Waals surface area contributed by atoms with Gasteiger partial charge in [-0.25, -0.2) is 0 Å². The van der Waals surface area contributed by atoms with Gasteiger partial charge in [-0.3, -0.25) is 4.79 Å². The molecular formula is C15H18O. The molecular weight excluding hydrogens is 196 g/mol. The van der Waals surface area contributed by atoms with Crippen LogP contribution in [-0.2, 0) is 4.79 Å². The van der Waals surface area contributed by atoms with Gasteiger partial charge in [0, 0.05) is 0 Å². The second kappa shape index (κ2) is 11.2. The molecule has 0 atom stereocenters. The Hall–Kier alpha value is -1.89. The van der Waals surface area contributed by atoms with Crippen LogP contribution in [0.4, 0.5) is 0 Å². The van der Waals surface area contributed by atoms with Crippen LogP contribution in [0.2, 0.25) is 0 Å². The van der Waals surface area contributed by atoms with Gasteiger partial charge in [0.2, 0.25) is 0 Å². The van der Waals surface area contributed by atoms with Crippen molar-refractivity contribution in [2.75, 3.05) is 0 Å². The van der Waals surface area contributed by atoms with Crippen LogP contribution in [0.3, 0.4) is 0 Å². The van der Waals surface area contributed by atoms with Crippen molar-refractivity contribution in [2.45, 2.75) is 13.8 Å². The molecule has 0 N–H and O–H groups in total. The largest absolute Gasteiger partial charge is 0.295 e. The van der Waals surface area contributed by atoms with E-state index in [4.69, 9.17) is 0 Å². The van der Waals surface area contributed by atoms with Crippen LogP contribution >= 0.6 is 0 Å². The minimum Gasteiger partial charge on any atom is -0.295 e. The summed E-state index contributed by atoms with van der Waals surface area (Å²) >= 11 is 0. The lowest BCUT2D eigenvalue weighted by atomic mass is 10.3. The number of ketones is 1. The summed E-state index contributed by atoms with van der Waals surface area (Å²) in [5, 5.41) is 0. The average Bonchev–Trinajstić information content (AvgIpc) is 2.25. The first kappa shape index (κ1) is 14.1. The fraction of sp³-hybridized carbons (Fsp3) is 0.133. The van der Waals surface area contributed by atoms with Crippen molar-refractivity contribution in [2.24, 2.45) is 0 Å². The molecule has 0 aromatic carbocycles. The van der Waals surface area contributed by atoms with E-state index in [0.717, 1.165) is 0 Å². The predicted molar refractivity (Wildman–Crippen MR) is 71.2 cm³/mol. The SMILES string of the molecule is C/C=C/C=C/C=C/C=C/C=C/C=C/C(C)=O. The molecule has 0 spiro atoms. The summed E-state index contributed by atoms with van der Waals surface area (Å²) < 4.78 is 0. The Morgan fingerprint density at radius 2 is 1.06 bits per heavy atom. The maximum atomic E-state index is 10.5. The van der Waals surface area contributed by atoms with E-state index >= 15 is 0 Å². The molecule has 0 saturated carbocycles. The van der Waals surface area contributed by atoms with Gasteiger partial charge in [0.05, 0.1) is 0 Å². The minimum absolute atomic E-state index is 0.0580. The van der Waals surface area contributed by atoms with E-state index in [1.807, 2.05) is 67.7 Å². The quantitative estimate of drug-likeness (QED) is 0.483. The van der Waals surface area contributed by atoms with Gasteiger partial charge in [-0.1, -0.05) is 66.8 Å². The monoisotopic (exact) mass is 214 g/mol. The molecule has 0 unspecified atom stereocenters. The molecule has 0 saturated heterocycles. The van der Waals surface area contributed by atoms with E-state index in [-0.39, 0.29) is 5.78 Å². The van der Waals surface area contributed by atoms with Crippen molar-refractivity contribution in [3.05, 3.63) is 72.9 Å². The Balaban J connectivity index is 3.81. The van der Waals surface area contributed by atoms with E-state index in [0.29, 0.717) is 0 Å². The van der Waals surface area contributed by atoms with E-state index in [2.05, 4.69) is 0 Å². The van der Waals surface area contributed by atoms with Gasteiger partial charge in [0.15, 0.2) is 5.78 Å². The Morgan fingerprint density at radius 3 is 1.44 bits per heavy atom. The highest BCUT2D eigenvalue weighted by Gasteiger charge is 1.75. The highest BCUT2D eigenvalue weighted by molar-refractivity contribution is 5.87. The summed E-state index contributed by atoms with van der Waals surface area (Å²) in [4.78, 5) is 10.5. The molecule has 0 aliphatic heterocycles. The number of carbonyl (C=O) groups excluding carboxylic acids is 1. The Morgan fingerprint density at radius 1 is 0.688 bits per heavy atom. The zero-order valence-corrected chi connectivity index (χ0v) is 9.84. The number of carbonyl (C=O) groups is 1. The van der Waals surface area contributed by atoms with Crippen LogP contribution in [0.15, 0.2) is 72.9 Å². The summed E-state index contributed by atoms with van der Waals surface area (Å²) in [5.74, 6) is 0.0580. The number of rotatable bonds is 6. The molecule has 0 bridgehead atoms. The molecule has 0 rings (SSSR count). The van der Waals surface area contributed by atoms with Crippen molar-refractivity contribution in [1.82, 2.24) is 0 Å². The first-order valence-electron chi connectivity index (χ1n) is 5.24. The molecule has 0 fully saturated rings. The summed E-state index contributed by atoms with van der Waals surface area (Å²) in [6.07, 6.45) is 22.6. The third-order valence-corrected chi connectivity index (χ3v) is 1.52. The average molecular weight is 214 g/mol. The Labute approximate surface area is 97.9 Å². The van der Waals surface area contributed by atoms with Crippen LogP contribution in [0.1, 0.15) is 13.8 Å². The summed E-state index contributed by atoms with van der Waals surface area (Å²) in [5.41, 5.74) is 0. The molecule has 1 heteroatoms. The third kappa shape index (κ3) is 12.1. The summed E-state index contributed by atoms with van der Waals surface area (Å²) in [6, 6.07) is 0. The molecule has 0 aliphatic carbocycles. The van der Waals surface area contributed by atoms with Crippen LogP contribution in [0.5, 0.6) is 0 Å². The first-order valence-corrected chi connectivity index (χ1v) is 5.24. The van der Waals surface area contributed by atoms with Crippen molar-refractivity contribution in [1.29, 1.82) is 0 Å². The number of hydrogen-bond acceptors (Lipinski definition) is 1. The highest BCUT2D eigenvalue weighted by Crippen LogP contribution is 1.84. The van der Waals surface area contributed by atoms with Crippen molar-refractivity contribution >= 4 is 5.78 Å². The summed E-state index contributed by atoms with van der Waals surface area (Å²) in [6.45, 7) is 3.51. The normalized spacial score (nSPS) is 13.6. The Kier molecular flexibility index (Phi) is 9.86. The molecule has 0 heterocycles. The van der Waals surface area contributed by atoms with E-state index in [1.165, 1.54) is 13.0 Å². The van der Waals surface area contributed by atoms with Crippen molar-refractivity contribution in [3.63, 3.8) is 0 Å². The van der Waals surface area contributed by atoms with Crippen LogP contribution in [0, 0.1) is 0 Å². The molecule has 0 aromatic rings. The van der Waals surface area contributed by atoms with Crippen LogP contribution in [0.25, 0.3) is 0 Å². The second-order valence-electron chi connectivity index (χ2n) is 3.04. The zero-order chi connectivity index (χ0) is 12.1. The number of allylic oxidation sites excluding steroid dienone is 12. The number of hydrogen-bond donors (Lipinski definition) is 0. The maximum absolute atomic E-state index is 10.5. The third-order valence-electron chi connectivity index (χ3n) is 1.52. The van der Waals surface area contributed by atoms with Gasteiger partial charge in [0.25, 0.3) is 0 Å². The predicted octanol–water partition coefficient (Wildman–Crippen LogP) is 3.93. The molecule has 84 valence electrons. The molecule has 0 aliphatic rings. The van der Waals surface area contributed by atoms with Gasteiger partial charge >= 0.3 is 0 Å². The molecule has 0 amide bonds.